The van der Waals surface area contributed by atoms with Crippen LogP contribution in [0.4, 0.5) is 0 Å². The number of aliphatic carboxylic acids is 1. The minimum absolute atomic E-state index is 0.250. The van der Waals surface area contributed by atoms with E-state index >= 15 is 0 Å². The summed E-state index contributed by atoms with van der Waals surface area (Å²) in [6.07, 6.45) is 0. The van der Waals surface area contributed by atoms with E-state index in [1.165, 1.54) is 0 Å². The average molecular weight is 354 g/mol. The fourth-order valence-corrected chi connectivity index (χ4v) is 2.07. The molecular formula is C15H13Cl2N3O3. The van der Waals surface area contributed by atoms with Gasteiger partial charge in [-0.3, -0.25) is 5.43 Å². The highest BCUT2D eigenvalue weighted by molar-refractivity contribution is 6.42. The third kappa shape index (κ3) is 4.07. The molecule has 0 bridgehead atoms. The number of nitrogens with one attached hydrogen (secondary N) is 1. The summed E-state index contributed by atoms with van der Waals surface area (Å²) in [5.41, 5.74) is 8.70. The highest BCUT2D eigenvalue weighted by Crippen LogP contribution is 2.29. The zero-order valence-electron chi connectivity index (χ0n) is 11.7. The van der Waals surface area contributed by atoms with E-state index in [0.29, 0.717) is 15.8 Å². The monoisotopic (exact) mass is 353 g/mol. The van der Waals surface area contributed by atoms with Crippen molar-refractivity contribution in [2.45, 2.75) is 0 Å². The van der Waals surface area contributed by atoms with E-state index in [-0.39, 0.29) is 5.88 Å². The molecule has 0 heterocycles. The molecular weight excluding hydrogens is 341 g/mol. The number of hydrogen-bond donors (Lipinski definition) is 4. The highest BCUT2D eigenvalue weighted by Gasteiger charge is 2.12. The molecule has 0 aromatic heterocycles. The number of ether oxygens (including phenoxy) is 1. The lowest BCUT2D eigenvalue weighted by Crippen LogP contribution is -2.31. The number of carboxylic acids is 1. The molecule has 23 heavy (non-hydrogen) atoms. The van der Waals surface area contributed by atoms with Gasteiger partial charge in [0.05, 0.1) is 10.0 Å². The van der Waals surface area contributed by atoms with Gasteiger partial charge in [0.1, 0.15) is 5.75 Å². The van der Waals surface area contributed by atoms with Crippen LogP contribution in [-0.2, 0) is 4.79 Å². The Morgan fingerprint density at radius 2 is 1.65 bits per heavy atom. The molecule has 120 valence electrons. The average Bonchev–Trinajstić information content (AvgIpc) is 2.55. The molecule has 2 rings (SSSR count). The molecule has 6 nitrogen and oxygen atoms in total. The van der Waals surface area contributed by atoms with E-state index in [4.69, 9.17) is 44.6 Å². The normalized spacial score (nSPS) is 11.6. The van der Waals surface area contributed by atoms with Gasteiger partial charge in [-0.2, -0.15) is 0 Å². The van der Waals surface area contributed by atoms with Gasteiger partial charge in [0.2, 0.25) is 5.88 Å². The van der Waals surface area contributed by atoms with Gasteiger partial charge in [0.15, 0.2) is 5.70 Å². The van der Waals surface area contributed by atoms with E-state index in [1.807, 2.05) is 6.07 Å². The molecule has 2 aromatic rings. The van der Waals surface area contributed by atoms with E-state index in [9.17, 15) is 4.79 Å². The van der Waals surface area contributed by atoms with Crippen molar-refractivity contribution in [3.63, 3.8) is 0 Å². The number of hydrogen-bond acceptors (Lipinski definition) is 5. The summed E-state index contributed by atoms with van der Waals surface area (Å²) in [5.74, 6) is 3.98. The molecule has 0 radical (unpaired) electrons. The molecule has 0 spiro atoms. The lowest BCUT2D eigenvalue weighted by Gasteiger charge is -2.11. The molecule has 0 saturated heterocycles. The Hall–Kier alpha value is -2.41. The quantitative estimate of drug-likeness (QED) is 0.284. The van der Waals surface area contributed by atoms with Crippen LogP contribution in [0, 0.1) is 0 Å². The van der Waals surface area contributed by atoms with Crippen LogP contribution in [0.2, 0.25) is 10.0 Å². The van der Waals surface area contributed by atoms with Gasteiger partial charge in [-0.05, 0) is 35.4 Å². The molecule has 0 amide bonds. The largest absolute Gasteiger partial charge is 0.476 e. The number of hydrazine groups is 1. The third-order valence-electron chi connectivity index (χ3n) is 2.93. The Kier molecular flexibility index (Phi) is 5.33. The van der Waals surface area contributed by atoms with Gasteiger partial charge in [-0.1, -0.05) is 41.4 Å². The first-order valence-electron chi connectivity index (χ1n) is 6.35. The molecule has 8 heteroatoms. The number of nitrogens with two attached hydrogens (primary N) is 2. The van der Waals surface area contributed by atoms with Crippen molar-refractivity contribution in [2.24, 2.45) is 11.6 Å². The summed E-state index contributed by atoms with van der Waals surface area (Å²) in [5, 5.41) is 9.75. The predicted molar refractivity (Wildman–Crippen MR) is 88.7 cm³/mol. The van der Waals surface area contributed by atoms with Crippen LogP contribution in [0.3, 0.4) is 0 Å². The van der Waals surface area contributed by atoms with Gasteiger partial charge in [0.25, 0.3) is 0 Å². The second-order valence-corrected chi connectivity index (χ2v) is 5.26. The Morgan fingerprint density at radius 3 is 2.17 bits per heavy atom. The zero-order chi connectivity index (χ0) is 17.0. The number of carbonyl (C=O) groups is 1. The fraction of sp³-hybridized carbons (Fsp3) is 0. The summed E-state index contributed by atoms with van der Waals surface area (Å²) < 4.78 is 5.31. The molecule has 0 aliphatic rings. The predicted octanol–water partition coefficient (Wildman–Crippen LogP) is 2.71. The van der Waals surface area contributed by atoms with Crippen LogP contribution in [0.25, 0.3) is 11.1 Å². The van der Waals surface area contributed by atoms with Gasteiger partial charge in [-0.25, -0.2) is 10.6 Å². The first kappa shape index (κ1) is 17.0. The Balaban J connectivity index is 2.24. The number of carboxylic acid groups (broad SMARTS) is 1. The molecule has 0 atom stereocenters. The molecule has 0 saturated carbocycles. The molecule has 2 aromatic carbocycles. The Bertz CT molecular complexity index is 761. The van der Waals surface area contributed by atoms with Crippen molar-refractivity contribution in [3.05, 3.63) is 64.1 Å². The van der Waals surface area contributed by atoms with Gasteiger partial charge >= 0.3 is 5.97 Å². The summed E-state index contributed by atoms with van der Waals surface area (Å²) in [4.78, 5) is 10.8. The van der Waals surface area contributed by atoms with Crippen molar-refractivity contribution in [2.75, 3.05) is 0 Å². The van der Waals surface area contributed by atoms with Crippen molar-refractivity contribution < 1.29 is 14.6 Å². The first-order valence-corrected chi connectivity index (χ1v) is 7.11. The maximum atomic E-state index is 10.8. The van der Waals surface area contributed by atoms with Gasteiger partial charge < -0.3 is 15.6 Å². The maximum absolute atomic E-state index is 10.8. The number of benzene rings is 2. The lowest BCUT2D eigenvalue weighted by atomic mass is 10.1. The van der Waals surface area contributed by atoms with E-state index < -0.39 is 11.7 Å². The summed E-state index contributed by atoms with van der Waals surface area (Å²) in [7, 11) is 0. The van der Waals surface area contributed by atoms with Gasteiger partial charge in [-0.15, -0.1) is 0 Å². The summed E-state index contributed by atoms with van der Waals surface area (Å²) in [6, 6.07) is 12.1. The Labute approximate surface area is 142 Å². The SMILES string of the molecule is NN/C(Oc1ccc(-c2ccc(Cl)c(Cl)c2)cc1)=C(\N)C(=O)O. The van der Waals surface area contributed by atoms with Crippen LogP contribution in [0.15, 0.2) is 54.0 Å². The fourth-order valence-electron chi connectivity index (χ4n) is 1.77. The van der Waals surface area contributed by atoms with Crippen LogP contribution >= 0.6 is 23.2 Å². The third-order valence-corrected chi connectivity index (χ3v) is 3.67. The van der Waals surface area contributed by atoms with Crippen LogP contribution in [0.1, 0.15) is 0 Å². The van der Waals surface area contributed by atoms with E-state index in [0.717, 1.165) is 11.1 Å². The summed E-state index contributed by atoms with van der Waals surface area (Å²) in [6.45, 7) is 0. The highest BCUT2D eigenvalue weighted by atomic mass is 35.5. The second kappa shape index (κ2) is 7.23. The molecule has 6 N–H and O–H groups in total. The van der Waals surface area contributed by atoms with E-state index in [2.05, 4.69) is 5.43 Å². The van der Waals surface area contributed by atoms with Crippen molar-refractivity contribution in [1.82, 2.24) is 5.43 Å². The molecule has 0 fully saturated rings. The lowest BCUT2D eigenvalue weighted by molar-refractivity contribution is -0.132. The molecule has 0 aliphatic carbocycles. The second-order valence-electron chi connectivity index (χ2n) is 4.45. The van der Waals surface area contributed by atoms with Crippen molar-refractivity contribution in [3.8, 4) is 16.9 Å². The minimum Gasteiger partial charge on any atom is -0.476 e. The van der Waals surface area contributed by atoms with Gasteiger partial charge in [0, 0.05) is 0 Å². The van der Waals surface area contributed by atoms with Crippen LogP contribution in [0.5, 0.6) is 5.75 Å². The van der Waals surface area contributed by atoms with E-state index in [1.54, 1.807) is 36.4 Å². The van der Waals surface area contributed by atoms with Crippen LogP contribution in [-0.4, -0.2) is 11.1 Å². The summed E-state index contributed by atoms with van der Waals surface area (Å²) >= 11 is 11.9. The van der Waals surface area contributed by atoms with Crippen molar-refractivity contribution in [1.29, 1.82) is 0 Å². The Morgan fingerprint density at radius 1 is 1.04 bits per heavy atom. The molecule has 0 aliphatic heterocycles. The van der Waals surface area contributed by atoms with Crippen molar-refractivity contribution >= 4 is 29.2 Å². The number of rotatable bonds is 5. The molecule has 0 unspecified atom stereocenters. The number of halogens is 2. The standard InChI is InChI=1S/C15H13Cl2N3O3/c16-11-6-3-9(7-12(11)17)8-1-4-10(5-2-8)23-14(20-19)13(18)15(21)22/h1-7,20H,18-19H2,(H,21,22)/b14-13+. The van der Waals surface area contributed by atoms with Crippen LogP contribution < -0.4 is 21.7 Å². The smallest absolute Gasteiger partial charge is 0.357 e. The topological polar surface area (TPSA) is 111 Å². The minimum atomic E-state index is -1.34. The first-order chi connectivity index (χ1) is 10.9. The maximum Gasteiger partial charge on any atom is 0.357 e. The zero-order valence-corrected chi connectivity index (χ0v) is 13.2.